The van der Waals surface area contributed by atoms with Gasteiger partial charge in [-0.3, -0.25) is 18.7 Å². The molecular formula is C34H49N5O6. The van der Waals surface area contributed by atoms with Crippen molar-refractivity contribution in [2.75, 3.05) is 26.9 Å². The first-order valence-electron chi connectivity index (χ1n) is 15.9. The first-order valence-corrected chi connectivity index (χ1v) is 15.9. The van der Waals surface area contributed by atoms with Crippen LogP contribution in [0.5, 0.6) is 0 Å². The van der Waals surface area contributed by atoms with Gasteiger partial charge in [-0.1, -0.05) is 42.8 Å². The molecule has 0 fully saturated rings. The molecule has 11 heteroatoms. The normalized spacial score (nSPS) is 12.7. The number of imidazole rings is 1. The third kappa shape index (κ3) is 10.9. The van der Waals surface area contributed by atoms with Gasteiger partial charge in [-0.15, -0.1) is 0 Å². The molecule has 0 saturated heterocycles. The third-order valence-corrected chi connectivity index (χ3v) is 7.98. The van der Waals surface area contributed by atoms with Crippen LogP contribution >= 0.6 is 0 Å². The molecule has 11 nitrogen and oxygen atoms in total. The lowest BCUT2D eigenvalue weighted by Crippen LogP contribution is -2.36. The minimum Gasteiger partial charge on any atom is -0.381 e. The van der Waals surface area contributed by atoms with Crippen LogP contribution in [-0.2, 0) is 50.4 Å². The summed E-state index contributed by atoms with van der Waals surface area (Å²) in [4.78, 5) is 47.6. The summed E-state index contributed by atoms with van der Waals surface area (Å²) >= 11 is 0. The van der Waals surface area contributed by atoms with E-state index >= 15 is 0 Å². The Morgan fingerprint density at radius 3 is 2.40 bits per heavy atom. The lowest BCUT2D eigenvalue weighted by molar-refractivity contribution is -0.124. The van der Waals surface area contributed by atoms with Crippen LogP contribution in [-0.4, -0.2) is 60.1 Å². The predicted molar refractivity (Wildman–Crippen MR) is 175 cm³/mol. The maximum atomic E-state index is 13.2. The number of fused-ring (bicyclic) bond motifs is 1. The number of primary amides is 1. The van der Waals surface area contributed by atoms with Gasteiger partial charge in [0.05, 0.1) is 24.2 Å². The average Bonchev–Trinajstić information content (AvgIpc) is 3.29. The van der Waals surface area contributed by atoms with Gasteiger partial charge in [0.15, 0.2) is 0 Å². The fraction of sp³-hybridized carbons (Fsp3) is 0.529. The molecule has 2 atom stereocenters. The molecule has 5 N–H and O–H groups in total. The summed E-state index contributed by atoms with van der Waals surface area (Å²) in [5.74, 6) is -0.631. The van der Waals surface area contributed by atoms with Crippen LogP contribution in [0.3, 0.4) is 0 Å². The predicted octanol–water partition coefficient (Wildman–Crippen LogP) is 3.08. The molecule has 1 unspecified atom stereocenters. The number of nitrogens with zero attached hydrogens (tertiary/aromatic N) is 2. The van der Waals surface area contributed by atoms with Crippen molar-refractivity contribution in [2.45, 2.75) is 82.9 Å². The number of unbranched alkanes of at least 4 members (excludes halogenated alkanes) is 2. The molecule has 1 heterocycles. The largest absolute Gasteiger partial charge is 0.381 e. The molecule has 0 saturated carbocycles. The smallest absolute Gasteiger partial charge is 0.329 e. The van der Waals surface area contributed by atoms with E-state index in [1.165, 1.54) is 17.2 Å². The van der Waals surface area contributed by atoms with E-state index in [0.29, 0.717) is 38.4 Å². The van der Waals surface area contributed by atoms with Crippen molar-refractivity contribution in [2.24, 2.45) is 18.5 Å². The van der Waals surface area contributed by atoms with Crippen molar-refractivity contribution in [3.05, 3.63) is 69.6 Å². The summed E-state index contributed by atoms with van der Waals surface area (Å²) in [6.45, 7) is 2.29. The molecule has 0 spiro atoms. The van der Waals surface area contributed by atoms with Crippen LogP contribution in [0.1, 0.15) is 74.1 Å². The number of hydrogen-bond donors (Lipinski definition) is 3. The van der Waals surface area contributed by atoms with Gasteiger partial charge in [-0.25, -0.2) is 4.79 Å². The van der Waals surface area contributed by atoms with Crippen LogP contribution in [0.25, 0.3) is 11.0 Å². The molecule has 1 aromatic heterocycles. The van der Waals surface area contributed by atoms with E-state index in [1.54, 1.807) is 11.6 Å². The average molecular weight is 624 g/mol. The molecule has 0 aliphatic rings. The molecule has 0 bridgehead atoms. The molecular weight excluding hydrogens is 574 g/mol. The van der Waals surface area contributed by atoms with E-state index in [0.717, 1.165) is 61.5 Å². The zero-order chi connectivity index (χ0) is 32.6. The highest BCUT2D eigenvalue weighted by atomic mass is 16.5. The number of aldehydes is 1. The topological polar surface area (TPSA) is 161 Å². The molecule has 2 amide bonds. The Labute approximate surface area is 265 Å². The summed E-state index contributed by atoms with van der Waals surface area (Å²) < 4.78 is 14.7. The maximum Gasteiger partial charge on any atom is 0.329 e. The number of likely N-dealkylation sites (N-methyl/N-ethyl adjacent to an activating group) is 1. The Morgan fingerprint density at radius 1 is 0.956 bits per heavy atom. The monoisotopic (exact) mass is 623 g/mol. The number of amides is 2. The lowest BCUT2D eigenvalue weighted by atomic mass is 10.0. The Morgan fingerprint density at radius 2 is 1.69 bits per heavy atom. The van der Waals surface area contributed by atoms with E-state index < -0.39 is 6.04 Å². The molecule has 0 aliphatic carbocycles. The summed E-state index contributed by atoms with van der Waals surface area (Å²) in [6.07, 6.45) is 7.67. The van der Waals surface area contributed by atoms with Crippen LogP contribution in [0, 0.1) is 0 Å². The minimum absolute atomic E-state index is 0.196. The van der Waals surface area contributed by atoms with Crippen LogP contribution in [0.15, 0.2) is 47.3 Å². The van der Waals surface area contributed by atoms with E-state index in [4.69, 9.17) is 20.9 Å². The van der Waals surface area contributed by atoms with Crippen molar-refractivity contribution in [3.63, 3.8) is 0 Å². The fourth-order valence-electron chi connectivity index (χ4n) is 5.51. The van der Waals surface area contributed by atoms with Gasteiger partial charge in [0.1, 0.15) is 12.3 Å². The lowest BCUT2D eigenvalue weighted by Gasteiger charge is -2.16. The molecule has 2 aromatic carbocycles. The molecule has 0 aliphatic heterocycles. The number of rotatable bonds is 22. The third-order valence-electron chi connectivity index (χ3n) is 7.98. The number of benzene rings is 2. The van der Waals surface area contributed by atoms with Crippen molar-refractivity contribution < 1.29 is 23.9 Å². The summed E-state index contributed by atoms with van der Waals surface area (Å²) in [7, 11) is 3.27. The highest BCUT2D eigenvalue weighted by molar-refractivity contribution is 5.85. The fourth-order valence-corrected chi connectivity index (χ4v) is 5.51. The van der Waals surface area contributed by atoms with Gasteiger partial charge >= 0.3 is 5.69 Å². The summed E-state index contributed by atoms with van der Waals surface area (Å²) in [5, 5.41) is 2.63. The first-order chi connectivity index (χ1) is 21.8. The second kappa shape index (κ2) is 18.9. The Kier molecular flexibility index (Phi) is 15.0. The highest BCUT2D eigenvalue weighted by Crippen LogP contribution is 2.24. The van der Waals surface area contributed by atoms with E-state index in [2.05, 4.69) is 29.6 Å². The van der Waals surface area contributed by atoms with Crippen LogP contribution < -0.4 is 22.5 Å². The van der Waals surface area contributed by atoms with Gasteiger partial charge < -0.3 is 31.1 Å². The van der Waals surface area contributed by atoms with Gasteiger partial charge in [0.25, 0.3) is 0 Å². The Bertz CT molecular complexity index is 1430. The molecule has 3 rings (SSSR count). The Balaban J connectivity index is 1.36. The van der Waals surface area contributed by atoms with Gasteiger partial charge in [0, 0.05) is 46.2 Å². The summed E-state index contributed by atoms with van der Waals surface area (Å²) in [6, 6.07) is 13.2. The zero-order valence-corrected chi connectivity index (χ0v) is 26.7. The van der Waals surface area contributed by atoms with Gasteiger partial charge in [-0.2, -0.15) is 0 Å². The minimum atomic E-state index is -0.736. The van der Waals surface area contributed by atoms with Gasteiger partial charge in [0.2, 0.25) is 11.8 Å². The first kappa shape index (κ1) is 35.7. The molecule has 45 heavy (non-hydrogen) atoms. The molecule has 0 radical (unpaired) electrons. The SMILES string of the molecule is CNC(=O)C(CCC=O)n1c(=O)n(C)c2c(CCCCCOCCCc3ccc(COC[C@@H](N)CCC(N)=O)cc3)cccc21. The second-order valence-electron chi connectivity index (χ2n) is 11.5. The number of nitrogens with two attached hydrogens (primary N) is 2. The highest BCUT2D eigenvalue weighted by Gasteiger charge is 2.25. The maximum absolute atomic E-state index is 13.2. The van der Waals surface area contributed by atoms with Crippen molar-refractivity contribution in [1.82, 2.24) is 14.5 Å². The number of ether oxygens (including phenoxy) is 2. The number of carbonyl (C=O) groups excluding carboxylic acids is 3. The number of aryl methyl sites for hydroxylation is 3. The van der Waals surface area contributed by atoms with E-state index in [9.17, 15) is 19.2 Å². The molecule has 246 valence electrons. The van der Waals surface area contributed by atoms with E-state index in [1.807, 2.05) is 18.2 Å². The van der Waals surface area contributed by atoms with Crippen molar-refractivity contribution in [1.29, 1.82) is 0 Å². The van der Waals surface area contributed by atoms with Crippen molar-refractivity contribution in [3.8, 4) is 0 Å². The van der Waals surface area contributed by atoms with E-state index in [-0.39, 0.29) is 42.8 Å². The van der Waals surface area contributed by atoms with Crippen molar-refractivity contribution >= 4 is 29.1 Å². The van der Waals surface area contributed by atoms with Crippen LogP contribution in [0.2, 0.25) is 0 Å². The summed E-state index contributed by atoms with van der Waals surface area (Å²) in [5.41, 5.74) is 15.8. The number of hydrogen-bond acceptors (Lipinski definition) is 7. The quantitative estimate of drug-likeness (QED) is 0.115. The zero-order valence-electron chi connectivity index (χ0n) is 26.7. The standard InChI is InChI=1S/C34H49N5O6/c1-37-33(42)30(13-7-20-40)39-29-12-6-11-27(32(29)38(2)34(39)43)10-4-3-5-21-44-22-8-9-25-14-16-26(17-15-25)23-45-24-28(35)18-19-31(36)41/h6,11-12,14-17,20,28,30H,3-5,7-10,13,18-19,21-24,35H2,1-2H3,(H2,36,41)(H,37,42)/t28-,30?/m0/s1. The van der Waals surface area contributed by atoms with Gasteiger partial charge in [-0.05, 0) is 67.7 Å². The number of nitrogens with one attached hydrogen (secondary N) is 1. The number of carbonyl (C=O) groups is 3. The Hall–Kier alpha value is -3.80. The molecule has 3 aromatic rings. The van der Waals surface area contributed by atoms with Crippen LogP contribution in [0.4, 0.5) is 0 Å². The number of aromatic nitrogens is 2. The second-order valence-corrected chi connectivity index (χ2v) is 11.5. The number of para-hydroxylation sites is 1.